The van der Waals surface area contributed by atoms with E-state index in [1.165, 1.54) is 18.5 Å². The van der Waals surface area contributed by atoms with Crippen LogP contribution >= 0.6 is 0 Å². The largest absolute Gasteiger partial charge is 0.500 e. The standard InChI is InChI=1S/C16H27NO4Si/c1-18-22(19-2,20-3)13-7-12-21-16-9-6-8-15(14-16)17-10-4-5-11-17/h6,8-9,14H,4-5,7,10-13H2,1-3H3. The number of anilines is 1. The Morgan fingerprint density at radius 2 is 1.73 bits per heavy atom. The minimum absolute atomic E-state index is 0.633. The molecule has 0 unspecified atom stereocenters. The lowest BCUT2D eigenvalue weighted by Crippen LogP contribution is -2.42. The number of benzene rings is 1. The van der Waals surface area contributed by atoms with Gasteiger partial charge in [0.1, 0.15) is 5.75 Å². The van der Waals surface area contributed by atoms with Gasteiger partial charge in [-0.3, -0.25) is 0 Å². The molecule has 0 saturated carbocycles. The molecule has 1 aliphatic heterocycles. The molecule has 0 spiro atoms. The summed E-state index contributed by atoms with van der Waals surface area (Å²) in [6.07, 6.45) is 3.40. The van der Waals surface area contributed by atoms with Gasteiger partial charge < -0.3 is 22.9 Å². The van der Waals surface area contributed by atoms with Crippen LogP contribution in [0.25, 0.3) is 0 Å². The van der Waals surface area contributed by atoms with Crippen LogP contribution in [-0.2, 0) is 13.3 Å². The Balaban J connectivity index is 1.80. The van der Waals surface area contributed by atoms with Gasteiger partial charge in [-0.1, -0.05) is 6.07 Å². The van der Waals surface area contributed by atoms with Crippen LogP contribution in [0.15, 0.2) is 24.3 Å². The average molecular weight is 325 g/mol. The van der Waals surface area contributed by atoms with Gasteiger partial charge in [0, 0.05) is 52.2 Å². The maximum Gasteiger partial charge on any atom is 0.500 e. The minimum atomic E-state index is -2.48. The summed E-state index contributed by atoms with van der Waals surface area (Å²) in [4.78, 5) is 2.41. The molecule has 0 radical (unpaired) electrons. The van der Waals surface area contributed by atoms with Crippen LogP contribution in [0.3, 0.4) is 0 Å². The third-order valence-electron chi connectivity index (χ3n) is 4.12. The lowest BCUT2D eigenvalue weighted by Gasteiger charge is -2.24. The summed E-state index contributed by atoms with van der Waals surface area (Å²) in [6.45, 7) is 2.93. The van der Waals surface area contributed by atoms with E-state index in [0.717, 1.165) is 31.3 Å². The van der Waals surface area contributed by atoms with Gasteiger partial charge in [-0.2, -0.15) is 0 Å². The lowest BCUT2D eigenvalue weighted by atomic mass is 10.3. The number of rotatable bonds is 9. The Labute approximate surface area is 134 Å². The molecule has 1 fully saturated rings. The van der Waals surface area contributed by atoms with Crippen LogP contribution in [0.1, 0.15) is 19.3 Å². The Morgan fingerprint density at radius 1 is 1.05 bits per heavy atom. The highest BCUT2D eigenvalue weighted by Crippen LogP contribution is 2.25. The molecular formula is C16H27NO4Si. The third kappa shape index (κ3) is 4.46. The maximum atomic E-state index is 5.86. The zero-order chi connectivity index (χ0) is 15.8. The van der Waals surface area contributed by atoms with E-state index in [-0.39, 0.29) is 0 Å². The van der Waals surface area contributed by atoms with Gasteiger partial charge in [0.25, 0.3) is 0 Å². The fraction of sp³-hybridized carbons (Fsp3) is 0.625. The predicted octanol–water partition coefficient (Wildman–Crippen LogP) is 2.93. The van der Waals surface area contributed by atoms with Crippen molar-refractivity contribution < 1.29 is 18.0 Å². The molecule has 124 valence electrons. The third-order valence-corrected chi connectivity index (χ3v) is 6.95. The zero-order valence-electron chi connectivity index (χ0n) is 13.8. The highest BCUT2D eigenvalue weighted by molar-refractivity contribution is 6.60. The van der Waals surface area contributed by atoms with Gasteiger partial charge in [-0.25, -0.2) is 0 Å². The van der Waals surface area contributed by atoms with Crippen molar-refractivity contribution in [2.45, 2.75) is 25.3 Å². The summed E-state index contributed by atoms with van der Waals surface area (Å²) < 4.78 is 22.1. The van der Waals surface area contributed by atoms with E-state index >= 15 is 0 Å². The molecule has 0 bridgehead atoms. The molecule has 1 heterocycles. The van der Waals surface area contributed by atoms with E-state index in [1.54, 1.807) is 21.3 Å². The average Bonchev–Trinajstić information content (AvgIpc) is 3.11. The van der Waals surface area contributed by atoms with E-state index in [9.17, 15) is 0 Å². The molecule has 0 aliphatic carbocycles. The molecule has 1 saturated heterocycles. The van der Waals surface area contributed by atoms with Gasteiger partial charge in [0.2, 0.25) is 0 Å². The molecule has 1 aromatic rings. The predicted molar refractivity (Wildman–Crippen MR) is 89.6 cm³/mol. The summed E-state index contributed by atoms with van der Waals surface area (Å²) in [5.41, 5.74) is 1.25. The number of ether oxygens (including phenoxy) is 1. The summed E-state index contributed by atoms with van der Waals surface area (Å²) >= 11 is 0. The first kappa shape index (κ1) is 17.3. The van der Waals surface area contributed by atoms with Gasteiger partial charge in [-0.15, -0.1) is 0 Å². The van der Waals surface area contributed by atoms with Crippen molar-refractivity contribution in [2.24, 2.45) is 0 Å². The molecular weight excluding hydrogens is 298 g/mol. The molecule has 1 aliphatic rings. The molecule has 0 atom stereocenters. The second-order valence-corrected chi connectivity index (χ2v) is 8.53. The summed E-state index contributed by atoms with van der Waals surface area (Å²) in [7, 11) is 2.44. The summed E-state index contributed by atoms with van der Waals surface area (Å²) in [6, 6.07) is 9.09. The monoisotopic (exact) mass is 325 g/mol. The highest BCUT2D eigenvalue weighted by Gasteiger charge is 2.36. The van der Waals surface area contributed by atoms with Crippen molar-refractivity contribution in [1.29, 1.82) is 0 Å². The fourth-order valence-corrected chi connectivity index (χ4v) is 4.47. The van der Waals surface area contributed by atoms with Crippen molar-refractivity contribution >= 4 is 14.5 Å². The van der Waals surface area contributed by atoms with Crippen molar-refractivity contribution in [2.75, 3.05) is 45.9 Å². The summed E-state index contributed by atoms with van der Waals surface area (Å²) in [5, 5.41) is 0. The second-order valence-electron chi connectivity index (χ2n) is 5.44. The first-order valence-corrected chi connectivity index (χ1v) is 9.79. The molecule has 6 heteroatoms. The van der Waals surface area contributed by atoms with Gasteiger partial charge in [0.15, 0.2) is 0 Å². The van der Waals surface area contributed by atoms with E-state index in [0.29, 0.717) is 6.61 Å². The Kier molecular flexibility index (Phi) is 6.69. The maximum absolute atomic E-state index is 5.86. The Hall–Kier alpha value is -1.08. The molecule has 0 aromatic heterocycles. The summed E-state index contributed by atoms with van der Waals surface area (Å²) in [5.74, 6) is 0.920. The van der Waals surface area contributed by atoms with Crippen LogP contribution < -0.4 is 9.64 Å². The second kappa shape index (κ2) is 8.52. The van der Waals surface area contributed by atoms with Crippen LogP contribution in [0.2, 0.25) is 6.04 Å². The Morgan fingerprint density at radius 3 is 2.36 bits per heavy atom. The van der Waals surface area contributed by atoms with Crippen molar-refractivity contribution in [1.82, 2.24) is 0 Å². The SMILES string of the molecule is CO[Si](CCCOc1cccc(N2CCCC2)c1)(OC)OC. The molecule has 22 heavy (non-hydrogen) atoms. The molecule has 0 N–H and O–H groups in total. The van der Waals surface area contributed by atoms with Crippen LogP contribution in [0.4, 0.5) is 5.69 Å². The Bertz CT molecular complexity index is 439. The first-order chi connectivity index (χ1) is 10.7. The van der Waals surface area contributed by atoms with Gasteiger partial charge in [-0.05, 0) is 31.4 Å². The molecule has 2 rings (SSSR count). The van der Waals surface area contributed by atoms with E-state index in [1.807, 2.05) is 6.07 Å². The highest BCUT2D eigenvalue weighted by atomic mass is 28.4. The smallest absolute Gasteiger partial charge is 0.494 e. The van der Waals surface area contributed by atoms with E-state index in [4.69, 9.17) is 18.0 Å². The van der Waals surface area contributed by atoms with Crippen LogP contribution in [0, 0.1) is 0 Å². The fourth-order valence-electron chi connectivity index (χ4n) is 2.78. The van der Waals surface area contributed by atoms with Gasteiger partial charge in [0.05, 0.1) is 6.61 Å². The quantitative estimate of drug-likeness (QED) is 0.516. The van der Waals surface area contributed by atoms with Crippen molar-refractivity contribution in [3.8, 4) is 5.75 Å². The molecule has 5 nitrogen and oxygen atoms in total. The number of hydrogen-bond acceptors (Lipinski definition) is 5. The zero-order valence-corrected chi connectivity index (χ0v) is 14.8. The van der Waals surface area contributed by atoms with E-state index in [2.05, 4.69) is 23.1 Å². The van der Waals surface area contributed by atoms with E-state index < -0.39 is 8.80 Å². The minimum Gasteiger partial charge on any atom is -0.494 e. The normalized spacial score (nSPS) is 15.3. The van der Waals surface area contributed by atoms with Gasteiger partial charge >= 0.3 is 8.80 Å². The lowest BCUT2D eigenvalue weighted by molar-refractivity contribution is 0.121. The molecule has 0 amide bonds. The van der Waals surface area contributed by atoms with Crippen molar-refractivity contribution in [3.05, 3.63) is 24.3 Å². The molecule has 1 aromatic carbocycles. The number of nitrogens with zero attached hydrogens (tertiary/aromatic N) is 1. The first-order valence-electron chi connectivity index (χ1n) is 7.86. The number of hydrogen-bond donors (Lipinski definition) is 0. The van der Waals surface area contributed by atoms with Crippen LogP contribution in [-0.4, -0.2) is 49.8 Å². The topological polar surface area (TPSA) is 40.2 Å². The van der Waals surface area contributed by atoms with Crippen molar-refractivity contribution in [3.63, 3.8) is 0 Å². The van der Waals surface area contributed by atoms with Crippen LogP contribution in [0.5, 0.6) is 5.75 Å².